The molecule has 0 unspecified atom stereocenters. The van der Waals surface area contributed by atoms with Crippen LogP contribution in [0.2, 0.25) is 0 Å². The fourth-order valence-electron chi connectivity index (χ4n) is 3.31. The zero-order valence-electron chi connectivity index (χ0n) is 17.7. The summed E-state index contributed by atoms with van der Waals surface area (Å²) < 4.78 is 25.5. The number of thiazole rings is 1. The molecular formula is C24H24FN3O3S. The molecular weight excluding hydrogens is 429 g/mol. The number of anilines is 2. The van der Waals surface area contributed by atoms with Crippen molar-refractivity contribution >= 4 is 34.7 Å². The van der Waals surface area contributed by atoms with Gasteiger partial charge in [-0.05, 0) is 48.9 Å². The van der Waals surface area contributed by atoms with E-state index in [0.717, 1.165) is 22.0 Å². The van der Waals surface area contributed by atoms with Crippen LogP contribution in [0.15, 0.2) is 53.9 Å². The van der Waals surface area contributed by atoms with Crippen molar-refractivity contribution in [1.82, 2.24) is 4.98 Å². The van der Waals surface area contributed by atoms with Gasteiger partial charge >= 0.3 is 0 Å². The normalized spacial score (nSPS) is 14.0. The van der Waals surface area contributed by atoms with Crippen LogP contribution in [-0.4, -0.2) is 37.2 Å². The molecule has 1 aliphatic heterocycles. The van der Waals surface area contributed by atoms with Gasteiger partial charge in [-0.15, -0.1) is 11.3 Å². The van der Waals surface area contributed by atoms with Gasteiger partial charge in [0.1, 0.15) is 18.2 Å². The molecule has 6 nitrogen and oxygen atoms in total. The van der Waals surface area contributed by atoms with E-state index in [0.29, 0.717) is 44.3 Å². The number of rotatable bonds is 7. The molecule has 8 heteroatoms. The number of halogens is 1. The van der Waals surface area contributed by atoms with Gasteiger partial charge in [0.15, 0.2) is 0 Å². The van der Waals surface area contributed by atoms with Crippen molar-refractivity contribution in [2.75, 3.05) is 36.5 Å². The molecule has 1 aliphatic rings. The van der Waals surface area contributed by atoms with Crippen LogP contribution in [0.25, 0.3) is 6.08 Å². The molecule has 1 N–H and O–H groups in total. The summed E-state index contributed by atoms with van der Waals surface area (Å²) in [6.45, 7) is 4.85. The van der Waals surface area contributed by atoms with E-state index >= 15 is 0 Å². The monoisotopic (exact) mass is 453 g/mol. The molecule has 1 amide bonds. The van der Waals surface area contributed by atoms with Gasteiger partial charge in [0.2, 0.25) is 5.91 Å². The molecule has 0 atom stereocenters. The maximum absolute atomic E-state index is 14.5. The van der Waals surface area contributed by atoms with E-state index in [1.54, 1.807) is 29.5 Å². The summed E-state index contributed by atoms with van der Waals surface area (Å²) in [7, 11) is 0. The molecule has 32 heavy (non-hydrogen) atoms. The number of aryl methyl sites for hydroxylation is 1. The Morgan fingerprint density at radius 2 is 2.03 bits per heavy atom. The smallest absolute Gasteiger partial charge is 0.248 e. The molecule has 0 saturated carbocycles. The molecule has 166 valence electrons. The summed E-state index contributed by atoms with van der Waals surface area (Å²) >= 11 is 1.59. The third-order valence-corrected chi connectivity index (χ3v) is 5.75. The number of carbonyl (C=O) groups is 1. The van der Waals surface area contributed by atoms with Gasteiger partial charge in [-0.3, -0.25) is 4.79 Å². The van der Waals surface area contributed by atoms with E-state index in [9.17, 15) is 9.18 Å². The quantitative estimate of drug-likeness (QED) is 0.527. The molecule has 1 aromatic heterocycles. The number of nitrogens with one attached hydrogen (secondary N) is 1. The number of aromatic nitrogens is 1. The van der Waals surface area contributed by atoms with Gasteiger partial charge < -0.3 is 19.7 Å². The van der Waals surface area contributed by atoms with Crippen molar-refractivity contribution in [3.63, 3.8) is 0 Å². The predicted molar refractivity (Wildman–Crippen MR) is 125 cm³/mol. The summed E-state index contributed by atoms with van der Waals surface area (Å²) in [5.41, 5.74) is 2.69. The Morgan fingerprint density at radius 3 is 2.72 bits per heavy atom. The first kappa shape index (κ1) is 22.0. The number of hydrogen-bond acceptors (Lipinski definition) is 6. The summed E-state index contributed by atoms with van der Waals surface area (Å²) in [4.78, 5) is 18.5. The molecule has 2 aromatic carbocycles. The molecule has 4 rings (SSSR count). The van der Waals surface area contributed by atoms with Crippen molar-refractivity contribution in [1.29, 1.82) is 0 Å². The summed E-state index contributed by atoms with van der Waals surface area (Å²) in [5, 5.41) is 5.69. The van der Waals surface area contributed by atoms with Crippen LogP contribution in [-0.2, 0) is 16.1 Å². The van der Waals surface area contributed by atoms with E-state index in [1.165, 1.54) is 12.1 Å². The third-order valence-electron chi connectivity index (χ3n) is 4.93. The number of amides is 1. The predicted octanol–water partition coefficient (Wildman–Crippen LogP) is 4.66. The van der Waals surface area contributed by atoms with Crippen LogP contribution in [0.4, 0.5) is 15.8 Å². The van der Waals surface area contributed by atoms with Crippen LogP contribution in [0.3, 0.4) is 0 Å². The Balaban J connectivity index is 1.29. The lowest BCUT2D eigenvalue weighted by Gasteiger charge is -2.29. The lowest BCUT2D eigenvalue weighted by Crippen LogP contribution is -2.36. The second-order valence-electron chi connectivity index (χ2n) is 7.30. The average Bonchev–Trinajstić information content (AvgIpc) is 3.23. The van der Waals surface area contributed by atoms with Gasteiger partial charge in [-0.25, -0.2) is 9.37 Å². The number of morpholine rings is 1. The second-order valence-corrected chi connectivity index (χ2v) is 8.37. The largest absolute Gasteiger partial charge is 0.487 e. The Hall–Kier alpha value is -3.23. The molecule has 2 heterocycles. The van der Waals surface area contributed by atoms with Gasteiger partial charge in [0.05, 0.1) is 29.6 Å². The Kier molecular flexibility index (Phi) is 7.14. The zero-order chi connectivity index (χ0) is 22.3. The van der Waals surface area contributed by atoms with Gasteiger partial charge in [0.25, 0.3) is 0 Å². The van der Waals surface area contributed by atoms with Gasteiger partial charge in [0, 0.05) is 30.2 Å². The van der Waals surface area contributed by atoms with Crippen LogP contribution in [0.1, 0.15) is 16.3 Å². The molecule has 0 spiro atoms. The van der Waals surface area contributed by atoms with Crippen molar-refractivity contribution in [3.05, 3.63) is 76.0 Å². The van der Waals surface area contributed by atoms with E-state index < -0.39 is 0 Å². The van der Waals surface area contributed by atoms with E-state index in [-0.39, 0.29) is 11.7 Å². The topological polar surface area (TPSA) is 63.7 Å². The standard InChI is InChI=1S/C24H24FN3O3S/c1-17-26-20(16-32-17)15-31-21-6-2-18(3-7-21)4-9-24(29)27-19-5-8-23(22(25)14-19)28-10-12-30-13-11-28/h2-9,14,16H,10-13,15H2,1H3,(H,27,29)/b9-4+. The number of carbonyl (C=O) groups excluding carboxylic acids is 1. The van der Waals surface area contributed by atoms with Gasteiger partial charge in [-0.1, -0.05) is 12.1 Å². The molecule has 0 radical (unpaired) electrons. The summed E-state index contributed by atoms with van der Waals surface area (Å²) in [5.74, 6) is 0.0351. The highest BCUT2D eigenvalue weighted by Gasteiger charge is 2.15. The molecule has 0 bridgehead atoms. The van der Waals surface area contributed by atoms with Crippen molar-refractivity contribution in [3.8, 4) is 5.75 Å². The minimum atomic E-state index is -0.364. The first-order valence-electron chi connectivity index (χ1n) is 10.3. The van der Waals surface area contributed by atoms with Crippen molar-refractivity contribution in [2.45, 2.75) is 13.5 Å². The average molecular weight is 454 g/mol. The van der Waals surface area contributed by atoms with Crippen LogP contribution >= 0.6 is 11.3 Å². The lowest BCUT2D eigenvalue weighted by molar-refractivity contribution is -0.111. The Bertz CT molecular complexity index is 1090. The van der Waals surface area contributed by atoms with E-state index in [4.69, 9.17) is 9.47 Å². The van der Waals surface area contributed by atoms with Crippen LogP contribution in [0.5, 0.6) is 5.75 Å². The number of hydrogen-bond donors (Lipinski definition) is 1. The summed E-state index contributed by atoms with van der Waals surface area (Å²) in [6.07, 6.45) is 3.11. The van der Waals surface area contributed by atoms with Crippen LogP contribution in [0, 0.1) is 12.7 Å². The SMILES string of the molecule is Cc1nc(COc2ccc(/C=C/C(=O)Nc3ccc(N4CCOCC4)c(F)c3)cc2)cs1. The number of ether oxygens (including phenoxy) is 2. The fraction of sp³-hybridized carbons (Fsp3) is 0.250. The molecule has 3 aromatic rings. The molecule has 1 saturated heterocycles. The van der Waals surface area contributed by atoms with Crippen molar-refractivity contribution < 1.29 is 18.7 Å². The Labute approximate surface area is 190 Å². The minimum Gasteiger partial charge on any atom is -0.487 e. The minimum absolute atomic E-state index is 0.331. The number of benzene rings is 2. The highest BCUT2D eigenvalue weighted by atomic mass is 32.1. The maximum atomic E-state index is 14.5. The first-order valence-corrected chi connectivity index (χ1v) is 11.2. The second kappa shape index (κ2) is 10.4. The van der Waals surface area contributed by atoms with E-state index in [1.807, 2.05) is 41.5 Å². The van der Waals surface area contributed by atoms with Crippen molar-refractivity contribution in [2.24, 2.45) is 0 Å². The lowest BCUT2D eigenvalue weighted by atomic mass is 10.2. The van der Waals surface area contributed by atoms with E-state index in [2.05, 4.69) is 10.3 Å². The van der Waals surface area contributed by atoms with Crippen LogP contribution < -0.4 is 15.0 Å². The number of nitrogens with zero attached hydrogens (tertiary/aromatic N) is 2. The summed E-state index contributed by atoms with van der Waals surface area (Å²) in [6, 6.07) is 12.1. The zero-order valence-corrected chi connectivity index (χ0v) is 18.5. The highest BCUT2D eigenvalue weighted by molar-refractivity contribution is 7.09. The fourth-order valence-corrected chi connectivity index (χ4v) is 3.91. The molecule has 1 fully saturated rings. The molecule has 0 aliphatic carbocycles. The first-order chi connectivity index (χ1) is 15.6. The van der Waals surface area contributed by atoms with Gasteiger partial charge in [-0.2, -0.15) is 0 Å². The maximum Gasteiger partial charge on any atom is 0.248 e. The highest BCUT2D eigenvalue weighted by Crippen LogP contribution is 2.24. The third kappa shape index (κ3) is 5.93. The Morgan fingerprint density at radius 1 is 1.25 bits per heavy atom.